The number of likely N-dealkylation sites (tertiary alicyclic amines) is 2. The molecule has 29 heavy (non-hydrogen) atoms. The number of nitrogens with zero attached hydrogens (tertiary/aromatic N) is 2. The molecule has 0 radical (unpaired) electrons. The van der Waals surface area contributed by atoms with Gasteiger partial charge >= 0.3 is 0 Å². The van der Waals surface area contributed by atoms with Crippen LogP contribution in [-0.2, 0) is 17.9 Å². The van der Waals surface area contributed by atoms with Crippen LogP contribution in [0.15, 0.2) is 42.5 Å². The summed E-state index contributed by atoms with van der Waals surface area (Å²) in [5.74, 6) is 1.15. The van der Waals surface area contributed by atoms with Crippen molar-refractivity contribution >= 4 is 0 Å². The molecule has 0 amide bonds. The zero-order valence-corrected chi connectivity index (χ0v) is 17.6. The lowest BCUT2D eigenvalue weighted by Crippen LogP contribution is -2.49. The monoisotopic (exact) mass is 398 g/mol. The molecule has 0 unspecified atom stereocenters. The molecule has 0 bridgehead atoms. The molecule has 2 saturated heterocycles. The zero-order valence-electron chi connectivity index (χ0n) is 17.6. The Morgan fingerprint density at radius 1 is 1.10 bits per heavy atom. The van der Waals surface area contributed by atoms with Crippen LogP contribution in [0.3, 0.4) is 0 Å². The van der Waals surface area contributed by atoms with Gasteiger partial charge in [0.1, 0.15) is 11.6 Å². The van der Waals surface area contributed by atoms with Gasteiger partial charge in [0.2, 0.25) is 0 Å². The lowest BCUT2D eigenvalue weighted by atomic mass is 9.86. The molecule has 0 aliphatic carbocycles. The zero-order chi connectivity index (χ0) is 20.4. The summed E-state index contributed by atoms with van der Waals surface area (Å²) in [7, 11) is 5.69. The van der Waals surface area contributed by atoms with E-state index in [2.05, 4.69) is 29.0 Å². The van der Waals surface area contributed by atoms with Crippen molar-refractivity contribution in [2.24, 2.45) is 0 Å². The van der Waals surface area contributed by atoms with Crippen LogP contribution in [0.25, 0.3) is 0 Å². The topological polar surface area (TPSA) is 24.9 Å². The van der Waals surface area contributed by atoms with Gasteiger partial charge in [0.25, 0.3) is 0 Å². The third-order valence-corrected chi connectivity index (χ3v) is 6.55. The van der Waals surface area contributed by atoms with Gasteiger partial charge in [0, 0.05) is 43.8 Å². The van der Waals surface area contributed by atoms with Crippen LogP contribution in [-0.4, -0.2) is 56.2 Å². The molecule has 2 aromatic carbocycles. The summed E-state index contributed by atoms with van der Waals surface area (Å²) in [5.41, 5.74) is 3.60. The molecule has 2 heterocycles. The van der Waals surface area contributed by atoms with Gasteiger partial charge in [-0.05, 0) is 61.8 Å². The van der Waals surface area contributed by atoms with E-state index in [1.807, 2.05) is 18.2 Å². The Labute approximate surface area is 173 Å². The van der Waals surface area contributed by atoms with Crippen LogP contribution in [0, 0.1) is 5.82 Å². The van der Waals surface area contributed by atoms with Crippen molar-refractivity contribution in [3.8, 4) is 5.75 Å². The quantitative estimate of drug-likeness (QED) is 0.733. The highest BCUT2D eigenvalue weighted by Crippen LogP contribution is 2.40. The summed E-state index contributed by atoms with van der Waals surface area (Å²) in [5, 5.41) is 0. The molecule has 2 aromatic rings. The van der Waals surface area contributed by atoms with E-state index in [0.717, 1.165) is 30.9 Å². The SMILES string of the molecule is COCc1ccc(OC)c(CN2C[C@H](c3ccc(F)cc3)[C@@H]3[C@H]2CCCN3C)c1. The molecule has 4 nitrogen and oxygen atoms in total. The van der Waals surface area contributed by atoms with Crippen LogP contribution >= 0.6 is 0 Å². The van der Waals surface area contributed by atoms with Crippen LogP contribution in [0.5, 0.6) is 5.75 Å². The first-order valence-electron chi connectivity index (χ1n) is 10.4. The van der Waals surface area contributed by atoms with Gasteiger partial charge in [-0.15, -0.1) is 0 Å². The molecule has 4 rings (SSSR count). The largest absolute Gasteiger partial charge is 0.496 e. The predicted octanol–water partition coefficient (Wildman–Crippen LogP) is 4.04. The summed E-state index contributed by atoms with van der Waals surface area (Å²) in [6, 6.07) is 14.4. The molecule has 2 aliphatic rings. The van der Waals surface area contributed by atoms with E-state index in [4.69, 9.17) is 9.47 Å². The summed E-state index contributed by atoms with van der Waals surface area (Å²) in [6.07, 6.45) is 2.41. The third kappa shape index (κ3) is 4.18. The molecule has 0 aromatic heterocycles. The van der Waals surface area contributed by atoms with Crippen LogP contribution < -0.4 is 4.74 Å². The highest BCUT2D eigenvalue weighted by atomic mass is 19.1. The van der Waals surface area contributed by atoms with E-state index in [9.17, 15) is 4.39 Å². The summed E-state index contributed by atoms with van der Waals surface area (Å²) < 4.78 is 24.5. The number of benzene rings is 2. The molecular weight excluding hydrogens is 367 g/mol. The number of hydrogen-bond acceptors (Lipinski definition) is 4. The van der Waals surface area contributed by atoms with Gasteiger partial charge in [-0.2, -0.15) is 0 Å². The van der Waals surface area contributed by atoms with Crippen LogP contribution in [0.4, 0.5) is 4.39 Å². The maximum Gasteiger partial charge on any atom is 0.123 e. The number of rotatable bonds is 6. The van der Waals surface area contributed by atoms with Crippen LogP contribution in [0.1, 0.15) is 35.4 Å². The lowest BCUT2D eigenvalue weighted by molar-refractivity contribution is 0.108. The molecule has 0 spiro atoms. The average molecular weight is 399 g/mol. The molecule has 5 heteroatoms. The second kappa shape index (κ2) is 8.82. The number of fused-ring (bicyclic) bond motifs is 1. The summed E-state index contributed by atoms with van der Waals surface area (Å²) in [6.45, 7) is 3.56. The van der Waals surface area contributed by atoms with Crippen molar-refractivity contribution < 1.29 is 13.9 Å². The van der Waals surface area contributed by atoms with Gasteiger partial charge in [-0.3, -0.25) is 4.90 Å². The molecule has 2 aliphatic heterocycles. The minimum absolute atomic E-state index is 0.170. The third-order valence-electron chi connectivity index (χ3n) is 6.55. The van der Waals surface area contributed by atoms with Crippen molar-refractivity contribution in [3.63, 3.8) is 0 Å². The Bertz CT molecular complexity index is 826. The second-order valence-electron chi connectivity index (χ2n) is 8.35. The Morgan fingerprint density at radius 2 is 1.90 bits per heavy atom. The Balaban J connectivity index is 1.62. The van der Waals surface area contributed by atoms with E-state index in [1.165, 1.54) is 24.0 Å². The second-order valence-corrected chi connectivity index (χ2v) is 8.35. The number of piperidine rings is 1. The molecule has 2 fully saturated rings. The molecule has 0 N–H and O–H groups in total. The van der Waals surface area contributed by atoms with Crippen molar-refractivity contribution in [2.75, 3.05) is 34.4 Å². The van der Waals surface area contributed by atoms with Crippen molar-refractivity contribution in [1.29, 1.82) is 0 Å². The van der Waals surface area contributed by atoms with Gasteiger partial charge in [-0.1, -0.05) is 18.2 Å². The van der Waals surface area contributed by atoms with E-state index < -0.39 is 0 Å². The molecule has 156 valence electrons. The predicted molar refractivity (Wildman–Crippen MR) is 113 cm³/mol. The normalized spacial score (nSPS) is 25.2. The molecular formula is C24H31FN2O2. The van der Waals surface area contributed by atoms with Crippen molar-refractivity contribution in [1.82, 2.24) is 9.80 Å². The standard InChI is InChI=1S/C24H31FN2O2/c1-26-12-4-5-22-24(26)21(18-7-9-20(25)10-8-18)15-27(22)14-19-13-17(16-28-2)6-11-23(19)29-3/h6-11,13,21-22,24H,4-5,12,14-16H2,1-3H3/t21-,22-,24-/m1/s1. The van der Waals surface area contributed by atoms with Crippen molar-refractivity contribution in [2.45, 2.75) is 44.0 Å². The minimum Gasteiger partial charge on any atom is -0.496 e. The summed E-state index contributed by atoms with van der Waals surface area (Å²) >= 11 is 0. The van der Waals surface area contributed by atoms with Gasteiger partial charge in [0.05, 0.1) is 13.7 Å². The van der Waals surface area contributed by atoms with Gasteiger partial charge < -0.3 is 14.4 Å². The minimum atomic E-state index is -0.170. The maximum atomic E-state index is 13.5. The molecule has 3 atom stereocenters. The number of halogens is 1. The Morgan fingerprint density at radius 3 is 2.62 bits per heavy atom. The van der Waals surface area contributed by atoms with E-state index >= 15 is 0 Å². The van der Waals surface area contributed by atoms with Crippen LogP contribution in [0.2, 0.25) is 0 Å². The highest BCUT2D eigenvalue weighted by molar-refractivity contribution is 5.38. The fourth-order valence-corrected chi connectivity index (χ4v) is 5.26. The lowest BCUT2D eigenvalue weighted by Gasteiger charge is -2.39. The fourth-order valence-electron chi connectivity index (χ4n) is 5.26. The van der Waals surface area contributed by atoms with Gasteiger partial charge in [0.15, 0.2) is 0 Å². The van der Waals surface area contributed by atoms with E-state index in [1.54, 1.807) is 26.4 Å². The maximum absolute atomic E-state index is 13.5. The van der Waals surface area contributed by atoms with Gasteiger partial charge in [-0.25, -0.2) is 4.39 Å². The average Bonchev–Trinajstić information content (AvgIpc) is 3.09. The first-order chi connectivity index (χ1) is 14.1. The number of hydrogen-bond donors (Lipinski definition) is 0. The molecule has 0 saturated carbocycles. The smallest absolute Gasteiger partial charge is 0.123 e. The first kappa shape index (κ1) is 20.3. The summed E-state index contributed by atoms with van der Waals surface area (Å²) in [4.78, 5) is 5.10. The Hall–Kier alpha value is -1.95. The van der Waals surface area contributed by atoms with E-state index in [0.29, 0.717) is 24.6 Å². The highest BCUT2D eigenvalue weighted by Gasteiger charge is 2.45. The Kier molecular flexibility index (Phi) is 6.18. The number of likely N-dealkylation sites (N-methyl/N-ethyl adjacent to an activating group) is 1. The van der Waals surface area contributed by atoms with E-state index in [-0.39, 0.29) is 5.82 Å². The fraction of sp³-hybridized carbons (Fsp3) is 0.500. The van der Waals surface area contributed by atoms with Crippen molar-refractivity contribution in [3.05, 3.63) is 65.0 Å². The first-order valence-corrected chi connectivity index (χ1v) is 10.4. The number of methoxy groups -OCH3 is 2. The number of ether oxygens (including phenoxy) is 2.